The van der Waals surface area contributed by atoms with E-state index in [1.54, 1.807) is 16.2 Å². The normalized spacial score (nSPS) is 16.9. The maximum Gasteiger partial charge on any atom is 0.227 e. The van der Waals surface area contributed by atoms with Gasteiger partial charge in [-0.3, -0.25) is 4.79 Å². The number of ether oxygens (including phenoxy) is 1. The second-order valence-corrected chi connectivity index (χ2v) is 8.69. The van der Waals surface area contributed by atoms with Gasteiger partial charge in [-0.2, -0.15) is 15.6 Å². The van der Waals surface area contributed by atoms with E-state index in [0.717, 1.165) is 5.56 Å². The second-order valence-electron chi connectivity index (χ2n) is 5.82. The zero-order valence-corrected chi connectivity index (χ0v) is 15.2. The van der Waals surface area contributed by atoms with E-state index in [-0.39, 0.29) is 24.4 Å². The molecule has 2 rings (SSSR count). The van der Waals surface area contributed by atoms with Crippen LogP contribution in [0, 0.1) is 0 Å². The number of hydrogen-bond donors (Lipinski definition) is 0. The van der Waals surface area contributed by atoms with E-state index in [4.69, 9.17) is 4.74 Å². The summed E-state index contributed by atoms with van der Waals surface area (Å²) in [7, 11) is -3.31. The number of rotatable bonds is 7. The molecule has 8 heteroatoms. The second kappa shape index (κ2) is 8.23. The predicted molar refractivity (Wildman–Crippen MR) is 91.1 cm³/mol. The van der Waals surface area contributed by atoms with E-state index in [1.807, 2.05) is 30.7 Å². The molecule has 0 aromatic carbocycles. The summed E-state index contributed by atoms with van der Waals surface area (Å²) in [5.41, 5.74) is 1.01. The maximum absolute atomic E-state index is 12.2. The molecule has 6 nitrogen and oxygen atoms in total. The maximum atomic E-state index is 12.2. The number of carbonyl (C=O) groups is 1. The lowest BCUT2D eigenvalue weighted by atomic mass is 10.2. The van der Waals surface area contributed by atoms with Gasteiger partial charge >= 0.3 is 0 Å². The van der Waals surface area contributed by atoms with Crippen LogP contribution in [-0.4, -0.2) is 68.2 Å². The lowest BCUT2D eigenvalue weighted by molar-refractivity contribution is -0.131. The van der Waals surface area contributed by atoms with Crippen molar-refractivity contribution >= 4 is 27.3 Å². The summed E-state index contributed by atoms with van der Waals surface area (Å²) >= 11 is 1.57. The standard InChI is InChI=1S/C15H24N2O4S2/c1-13(2)21-8-10-23(19,20)17-6-4-16(5-7-17)15(18)11-14-3-9-22-12-14/h3,9,12-13H,4-8,10-11H2,1-2H3. The van der Waals surface area contributed by atoms with Crippen LogP contribution in [0.3, 0.4) is 0 Å². The van der Waals surface area contributed by atoms with E-state index in [0.29, 0.717) is 32.6 Å². The molecular formula is C15H24N2O4S2. The molecule has 0 N–H and O–H groups in total. The lowest BCUT2D eigenvalue weighted by Crippen LogP contribution is -2.51. The van der Waals surface area contributed by atoms with Crippen molar-refractivity contribution in [2.24, 2.45) is 0 Å². The Morgan fingerprint density at radius 3 is 2.57 bits per heavy atom. The molecular weight excluding hydrogens is 336 g/mol. The average molecular weight is 361 g/mol. The highest BCUT2D eigenvalue weighted by atomic mass is 32.2. The Balaban J connectivity index is 1.79. The Morgan fingerprint density at radius 1 is 1.30 bits per heavy atom. The Morgan fingerprint density at radius 2 is 2.00 bits per heavy atom. The van der Waals surface area contributed by atoms with Crippen molar-refractivity contribution in [3.05, 3.63) is 22.4 Å². The first-order valence-electron chi connectivity index (χ1n) is 7.77. The fourth-order valence-electron chi connectivity index (χ4n) is 2.41. The van der Waals surface area contributed by atoms with Crippen molar-refractivity contribution in [2.45, 2.75) is 26.4 Å². The van der Waals surface area contributed by atoms with Crippen molar-refractivity contribution in [2.75, 3.05) is 38.5 Å². The minimum atomic E-state index is -3.31. The van der Waals surface area contributed by atoms with Crippen molar-refractivity contribution in [1.82, 2.24) is 9.21 Å². The lowest BCUT2D eigenvalue weighted by Gasteiger charge is -2.34. The van der Waals surface area contributed by atoms with E-state index in [2.05, 4.69) is 0 Å². The van der Waals surface area contributed by atoms with Crippen LogP contribution >= 0.6 is 11.3 Å². The molecule has 0 bridgehead atoms. The van der Waals surface area contributed by atoms with Crippen LogP contribution in [0.1, 0.15) is 19.4 Å². The van der Waals surface area contributed by atoms with Gasteiger partial charge in [0.25, 0.3) is 0 Å². The highest BCUT2D eigenvalue weighted by Gasteiger charge is 2.28. The van der Waals surface area contributed by atoms with Gasteiger partial charge in [0.2, 0.25) is 15.9 Å². The van der Waals surface area contributed by atoms with Crippen molar-refractivity contribution in [3.63, 3.8) is 0 Å². The molecule has 130 valence electrons. The molecule has 23 heavy (non-hydrogen) atoms. The fourth-order valence-corrected chi connectivity index (χ4v) is 4.37. The summed E-state index contributed by atoms with van der Waals surface area (Å²) in [6.45, 7) is 5.59. The largest absolute Gasteiger partial charge is 0.378 e. The fraction of sp³-hybridized carbons (Fsp3) is 0.667. The van der Waals surface area contributed by atoms with Gasteiger partial charge < -0.3 is 9.64 Å². The first-order valence-corrected chi connectivity index (χ1v) is 10.3. The van der Waals surface area contributed by atoms with Crippen LogP contribution in [0.4, 0.5) is 0 Å². The number of sulfonamides is 1. The molecule has 0 saturated carbocycles. The van der Waals surface area contributed by atoms with Crippen molar-refractivity contribution in [1.29, 1.82) is 0 Å². The van der Waals surface area contributed by atoms with Crippen LogP contribution < -0.4 is 0 Å². The number of hydrogen-bond acceptors (Lipinski definition) is 5. The Labute approximate surface area is 142 Å². The zero-order valence-electron chi connectivity index (χ0n) is 13.6. The van der Waals surface area contributed by atoms with Gasteiger partial charge in [0.1, 0.15) is 0 Å². The molecule has 1 aromatic rings. The molecule has 2 heterocycles. The zero-order chi connectivity index (χ0) is 16.9. The molecule has 1 aliphatic rings. The highest BCUT2D eigenvalue weighted by molar-refractivity contribution is 7.89. The summed E-state index contributed by atoms with van der Waals surface area (Å²) in [4.78, 5) is 14.0. The van der Waals surface area contributed by atoms with E-state index < -0.39 is 10.0 Å². The molecule has 1 amide bonds. The molecule has 1 saturated heterocycles. The number of amides is 1. The number of nitrogens with zero attached hydrogens (tertiary/aromatic N) is 2. The molecule has 0 atom stereocenters. The van der Waals surface area contributed by atoms with E-state index in [1.165, 1.54) is 4.31 Å². The SMILES string of the molecule is CC(C)OCCS(=O)(=O)N1CCN(C(=O)Cc2ccsc2)CC1. The van der Waals surface area contributed by atoms with Gasteiger partial charge in [-0.15, -0.1) is 0 Å². The van der Waals surface area contributed by atoms with Gasteiger partial charge in [0.05, 0.1) is 24.9 Å². The number of thiophene rings is 1. The predicted octanol–water partition coefficient (Wildman–Crippen LogP) is 1.19. The van der Waals surface area contributed by atoms with Gasteiger partial charge in [0, 0.05) is 26.2 Å². The molecule has 0 spiro atoms. The topological polar surface area (TPSA) is 66.9 Å². The van der Waals surface area contributed by atoms with Gasteiger partial charge in [-0.1, -0.05) is 0 Å². The summed E-state index contributed by atoms with van der Waals surface area (Å²) in [5.74, 6) is 0.0530. The van der Waals surface area contributed by atoms with Crippen molar-refractivity contribution in [3.8, 4) is 0 Å². The minimum absolute atomic E-state index is 0.00592. The summed E-state index contributed by atoms with van der Waals surface area (Å²) in [6.07, 6.45) is 0.412. The van der Waals surface area contributed by atoms with Gasteiger partial charge in [0.15, 0.2) is 0 Å². The quantitative estimate of drug-likeness (QED) is 0.733. The molecule has 1 aromatic heterocycles. The van der Waals surface area contributed by atoms with Crippen molar-refractivity contribution < 1.29 is 17.9 Å². The van der Waals surface area contributed by atoms with Crippen LogP contribution in [0.5, 0.6) is 0 Å². The Hall–Kier alpha value is -0.960. The smallest absolute Gasteiger partial charge is 0.227 e. The molecule has 0 aliphatic carbocycles. The van der Waals surface area contributed by atoms with Gasteiger partial charge in [-0.25, -0.2) is 8.42 Å². The van der Waals surface area contributed by atoms with Crippen LogP contribution in [0.15, 0.2) is 16.8 Å². The monoisotopic (exact) mass is 360 g/mol. The average Bonchev–Trinajstić information content (AvgIpc) is 2.99. The molecule has 1 aliphatic heterocycles. The Bertz CT molecular complexity index is 591. The Kier molecular flexibility index (Phi) is 6.58. The highest BCUT2D eigenvalue weighted by Crippen LogP contribution is 2.12. The summed E-state index contributed by atoms with van der Waals surface area (Å²) in [5, 5.41) is 3.92. The number of carbonyl (C=O) groups excluding carboxylic acids is 1. The number of piperazine rings is 1. The van der Waals surface area contributed by atoms with E-state index in [9.17, 15) is 13.2 Å². The first kappa shape index (κ1) is 18.4. The summed E-state index contributed by atoms with van der Waals surface area (Å²) < 4.78 is 31.3. The molecule has 1 fully saturated rings. The minimum Gasteiger partial charge on any atom is -0.378 e. The van der Waals surface area contributed by atoms with Crippen LogP contribution in [-0.2, 0) is 26.0 Å². The van der Waals surface area contributed by atoms with Crippen LogP contribution in [0.25, 0.3) is 0 Å². The molecule has 0 unspecified atom stereocenters. The third-order valence-corrected chi connectivity index (χ3v) is 6.28. The molecule has 0 radical (unpaired) electrons. The first-order chi connectivity index (χ1) is 10.9. The van der Waals surface area contributed by atoms with Crippen LogP contribution in [0.2, 0.25) is 0 Å². The van der Waals surface area contributed by atoms with Gasteiger partial charge in [-0.05, 0) is 36.2 Å². The third-order valence-electron chi connectivity index (χ3n) is 3.71. The van der Waals surface area contributed by atoms with E-state index >= 15 is 0 Å². The third kappa shape index (κ3) is 5.56. The summed E-state index contributed by atoms with van der Waals surface area (Å²) in [6, 6.07) is 1.94.